The fraction of sp³-hybridized carbons (Fsp3) is 0.118. The molecule has 0 radical (unpaired) electrons. The van der Waals surface area contributed by atoms with Gasteiger partial charge in [0.25, 0.3) is 0 Å². The molecule has 2 rings (SSSR count). The van der Waals surface area contributed by atoms with Crippen molar-refractivity contribution in [3.05, 3.63) is 60.7 Å². The number of nitrogens with zero attached hydrogens (tertiary/aromatic N) is 2. The Morgan fingerprint density at radius 1 is 0.909 bits per heavy atom. The van der Waals surface area contributed by atoms with Gasteiger partial charge < -0.3 is 9.47 Å². The maximum absolute atomic E-state index is 11.4. The highest BCUT2D eigenvalue weighted by Gasteiger charge is 2.04. The van der Waals surface area contributed by atoms with Crippen LogP contribution in [0.1, 0.15) is 6.92 Å². The average molecular weight is 296 g/mol. The fourth-order valence-electron chi connectivity index (χ4n) is 1.54. The first-order chi connectivity index (χ1) is 10.6. The Hall–Kier alpha value is -2.95. The molecule has 0 spiro atoms. The van der Waals surface area contributed by atoms with Gasteiger partial charge in [0.15, 0.2) is 0 Å². The number of esters is 1. The van der Waals surface area contributed by atoms with Crippen LogP contribution in [0.3, 0.4) is 0 Å². The van der Waals surface area contributed by atoms with Crippen molar-refractivity contribution in [1.29, 1.82) is 0 Å². The van der Waals surface area contributed by atoms with Crippen molar-refractivity contribution in [1.82, 2.24) is 0 Å². The highest BCUT2D eigenvalue weighted by atomic mass is 16.5. The van der Waals surface area contributed by atoms with Crippen molar-refractivity contribution in [2.75, 3.05) is 7.11 Å². The minimum absolute atomic E-state index is 0.350. The molecule has 0 saturated heterocycles. The number of rotatable bonds is 5. The third-order valence-electron chi connectivity index (χ3n) is 2.75. The zero-order valence-electron chi connectivity index (χ0n) is 12.4. The second kappa shape index (κ2) is 7.17. The van der Waals surface area contributed by atoms with Crippen LogP contribution in [0.5, 0.6) is 11.5 Å². The van der Waals surface area contributed by atoms with E-state index in [4.69, 9.17) is 9.47 Å². The summed E-state index contributed by atoms with van der Waals surface area (Å²) in [5.41, 5.74) is 1.73. The largest absolute Gasteiger partial charge is 0.497 e. The lowest BCUT2D eigenvalue weighted by Crippen LogP contribution is -2.07. The van der Waals surface area contributed by atoms with E-state index in [9.17, 15) is 4.79 Å². The maximum Gasteiger partial charge on any atom is 0.338 e. The van der Waals surface area contributed by atoms with E-state index in [-0.39, 0.29) is 0 Å². The third kappa shape index (κ3) is 4.28. The lowest BCUT2D eigenvalue weighted by molar-refractivity contribution is -0.130. The molecular formula is C17H16N2O3. The highest BCUT2D eigenvalue weighted by Crippen LogP contribution is 2.23. The minimum Gasteiger partial charge on any atom is -0.497 e. The van der Waals surface area contributed by atoms with Crippen LogP contribution < -0.4 is 9.47 Å². The molecule has 0 amide bonds. The van der Waals surface area contributed by atoms with Crippen LogP contribution in [0.4, 0.5) is 11.4 Å². The van der Waals surface area contributed by atoms with E-state index in [1.165, 1.54) is 0 Å². The molecule has 22 heavy (non-hydrogen) atoms. The minimum atomic E-state index is -0.451. The normalized spacial score (nSPS) is 10.5. The number of hydrogen-bond donors (Lipinski definition) is 0. The zero-order chi connectivity index (χ0) is 15.9. The average Bonchev–Trinajstić information content (AvgIpc) is 2.54. The number of hydrogen-bond acceptors (Lipinski definition) is 5. The molecule has 0 fully saturated rings. The van der Waals surface area contributed by atoms with Crippen LogP contribution in [-0.4, -0.2) is 13.1 Å². The van der Waals surface area contributed by atoms with E-state index in [0.717, 1.165) is 11.4 Å². The van der Waals surface area contributed by atoms with Crippen molar-refractivity contribution >= 4 is 17.3 Å². The van der Waals surface area contributed by atoms with Crippen LogP contribution in [0.2, 0.25) is 0 Å². The van der Waals surface area contributed by atoms with E-state index >= 15 is 0 Å². The molecule has 2 aromatic rings. The van der Waals surface area contributed by atoms with Gasteiger partial charge in [0.1, 0.15) is 11.5 Å². The summed E-state index contributed by atoms with van der Waals surface area (Å²) in [6.45, 7) is 5.12. The SMILES string of the molecule is C=C(C)C(=O)Oc1ccc(N=Nc2ccc(OC)cc2)cc1. The molecule has 5 heteroatoms. The topological polar surface area (TPSA) is 60.2 Å². The van der Waals surface area contributed by atoms with Gasteiger partial charge in [0.2, 0.25) is 0 Å². The van der Waals surface area contributed by atoms with Gasteiger partial charge in [-0.05, 0) is 55.5 Å². The van der Waals surface area contributed by atoms with Crippen LogP contribution in [0, 0.1) is 0 Å². The molecular weight excluding hydrogens is 280 g/mol. The zero-order valence-corrected chi connectivity index (χ0v) is 12.4. The van der Waals surface area contributed by atoms with E-state index in [1.54, 1.807) is 38.3 Å². The number of methoxy groups -OCH3 is 1. The predicted octanol–water partition coefficient (Wildman–Crippen LogP) is 4.59. The molecule has 0 aromatic heterocycles. The van der Waals surface area contributed by atoms with Gasteiger partial charge in [0.05, 0.1) is 18.5 Å². The van der Waals surface area contributed by atoms with Crippen molar-refractivity contribution in [3.8, 4) is 11.5 Å². The summed E-state index contributed by atoms with van der Waals surface area (Å²) in [5, 5.41) is 8.23. The quantitative estimate of drug-likeness (QED) is 0.351. The van der Waals surface area contributed by atoms with Gasteiger partial charge in [-0.25, -0.2) is 4.79 Å². The number of azo groups is 1. The first-order valence-corrected chi connectivity index (χ1v) is 6.62. The molecule has 2 aromatic carbocycles. The molecule has 0 N–H and O–H groups in total. The van der Waals surface area contributed by atoms with Crippen molar-refractivity contribution in [2.24, 2.45) is 10.2 Å². The van der Waals surface area contributed by atoms with Gasteiger partial charge in [-0.15, -0.1) is 0 Å². The smallest absolute Gasteiger partial charge is 0.338 e. The van der Waals surface area contributed by atoms with E-state index in [0.29, 0.717) is 17.0 Å². The summed E-state index contributed by atoms with van der Waals surface area (Å²) >= 11 is 0. The molecule has 0 bridgehead atoms. The number of benzene rings is 2. The van der Waals surface area contributed by atoms with Gasteiger partial charge in [-0.3, -0.25) is 0 Å². The summed E-state index contributed by atoms with van der Waals surface area (Å²) < 4.78 is 10.2. The standard InChI is InChI=1S/C17H16N2O3/c1-12(2)17(20)22-16-10-6-14(7-11-16)19-18-13-4-8-15(21-3)9-5-13/h4-11H,1H2,2-3H3. The summed E-state index contributed by atoms with van der Waals surface area (Å²) in [6, 6.07) is 14.0. The van der Waals surface area contributed by atoms with Crippen LogP contribution in [0.25, 0.3) is 0 Å². The Labute approximate surface area is 128 Å². The Bertz CT molecular complexity index is 689. The number of ether oxygens (including phenoxy) is 2. The molecule has 0 heterocycles. The van der Waals surface area contributed by atoms with E-state index in [2.05, 4.69) is 16.8 Å². The molecule has 0 atom stereocenters. The lowest BCUT2D eigenvalue weighted by Gasteiger charge is -2.03. The van der Waals surface area contributed by atoms with Crippen LogP contribution in [-0.2, 0) is 4.79 Å². The fourth-order valence-corrected chi connectivity index (χ4v) is 1.54. The summed E-state index contributed by atoms with van der Waals surface area (Å²) in [5.74, 6) is 0.756. The molecule has 112 valence electrons. The van der Waals surface area contributed by atoms with Crippen molar-refractivity contribution < 1.29 is 14.3 Å². The predicted molar refractivity (Wildman–Crippen MR) is 84.1 cm³/mol. The van der Waals surface area contributed by atoms with Gasteiger partial charge in [-0.2, -0.15) is 10.2 Å². The molecule has 0 aliphatic heterocycles. The first kappa shape index (κ1) is 15.4. The molecule has 5 nitrogen and oxygen atoms in total. The third-order valence-corrected chi connectivity index (χ3v) is 2.75. The molecule has 0 aliphatic carbocycles. The molecule has 0 unspecified atom stereocenters. The second-order valence-electron chi connectivity index (χ2n) is 4.56. The maximum atomic E-state index is 11.4. The highest BCUT2D eigenvalue weighted by molar-refractivity contribution is 5.88. The van der Waals surface area contributed by atoms with Crippen molar-refractivity contribution in [3.63, 3.8) is 0 Å². The summed E-state index contributed by atoms with van der Waals surface area (Å²) in [6.07, 6.45) is 0. The second-order valence-corrected chi connectivity index (χ2v) is 4.56. The monoisotopic (exact) mass is 296 g/mol. The van der Waals surface area contributed by atoms with Crippen LogP contribution >= 0.6 is 0 Å². The van der Waals surface area contributed by atoms with Gasteiger partial charge >= 0.3 is 5.97 Å². The van der Waals surface area contributed by atoms with Crippen molar-refractivity contribution in [2.45, 2.75) is 6.92 Å². The Morgan fingerprint density at radius 2 is 1.36 bits per heavy atom. The number of carbonyl (C=O) groups is 1. The molecule has 0 aliphatic rings. The molecule has 0 saturated carbocycles. The Kier molecular flexibility index (Phi) is 5.03. The lowest BCUT2D eigenvalue weighted by atomic mass is 10.3. The number of carbonyl (C=O) groups excluding carboxylic acids is 1. The van der Waals surface area contributed by atoms with E-state index in [1.807, 2.05) is 24.3 Å². The Morgan fingerprint density at radius 3 is 1.77 bits per heavy atom. The van der Waals surface area contributed by atoms with Crippen LogP contribution in [0.15, 0.2) is 70.9 Å². The first-order valence-electron chi connectivity index (χ1n) is 6.62. The Balaban J connectivity index is 2.02. The van der Waals surface area contributed by atoms with Gasteiger partial charge in [0, 0.05) is 5.57 Å². The van der Waals surface area contributed by atoms with Gasteiger partial charge in [-0.1, -0.05) is 6.58 Å². The summed E-state index contributed by atoms with van der Waals surface area (Å²) in [7, 11) is 1.61. The van der Waals surface area contributed by atoms with E-state index < -0.39 is 5.97 Å². The summed E-state index contributed by atoms with van der Waals surface area (Å²) in [4.78, 5) is 11.4.